The number of hydrogen-bond donors (Lipinski definition) is 3. The van der Waals surface area contributed by atoms with Crippen molar-refractivity contribution in [3.8, 4) is 0 Å². The lowest BCUT2D eigenvalue weighted by Gasteiger charge is -2.30. The van der Waals surface area contributed by atoms with Gasteiger partial charge in [-0.2, -0.15) is 0 Å². The topological polar surface area (TPSA) is 96.0 Å². The molecule has 1 aliphatic rings. The molecule has 4 N–H and O–H groups in total. The Hall–Kier alpha value is -0.620. The molecule has 1 unspecified atom stereocenters. The fraction of sp³-hybridized carbons (Fsp3) is 0.929. The third kappa shape index (κ3) is 6.22. The highest BCUT2D eigenvalue weighted by Crippen LogP contribution is 2.27. The molecule has 0 amide bonds. The molecule has 0 bridgehead atoms. The molecule has 5 nitrogen and oxygen atoms in total. The summed E-state index contributed by atoms with van der Waals surface area (Å²) < 4.78 is 27.0. The number of rotatable bonds is 6. The number of amidine groups is 1. The van der Waals surface area contributed by atoms with Crippen molar-refractivity contribution in [1.82, 2.24) is 4.72 Å². The molecule has 20 heavy (non-hydrogen) atoms. The van der Waals surface area contributed by atoms with Gasteiger partial charge in [0.2, 0.25) is 10.0 Å². The second kappa shape index (κ2) is 6.89. The maximum atomic E-state index is 12.2. The standard InChI is InChI=1S/C14H29N3O2S/c1-14(2,3)9-10-20(18,19)17-12(13(15)16)11-7-5-4-6-8-11/h11-12,17H,4-10H2,1-3H3,(H3,15,16). The predicted octanol–water partition coefficient (Wildman–Crippen LogP) is 2.23. The Bertz CT molecular complexity index is 420. The van der Waals surface area contributed by atoms with Crippen LogP contribution in [-0.2, 0) is 10.0 Å². The van der Waals surface area contributed by atoms with Gasteiger partial charge in [0, 0.05) is 0 Å². The van der Waals surface area contributed by atoms with Gasteiger partial charge in [0.25, 0.3) is 0 Å². The van der Waals surface area contributed by atoms with Gasteiger partial charge in [0.1, 0.15) is 5.84 Å². The van der Waals surface area contributed by atoms with E-state index in [1.54, 1.807) is 0 Å². The Balaban J connectivity index is 2.66. The van der Waals surface area contributed by atoms with E-state index in [4.69, 9.17) is 11.1 Å². The first-order chi connectivity index (χ1) is 9.11. The van der Waals surface area contributed by atoms with Crippen LogP contribution >= 0.6 is 0 Å². The first-order valence-electron chi connectivity index (χ1n) is 7.45. The van der Waals surface area contributed by atoms with Crippen molar-refractivity contribution < 1.29 is 8.42 Å². The maximum absolute atomic E-state index is 12.2. The van der Waals surface area contributed by atoms with E-state index in [1.165, 1.54) is 6.42 Å². The second-order valence-corrected chi connectivity index (χ2v) is 8.95. The molecule has 0 aromatic carbocycles. The van der Waals surface area contributed by atoms with Gasteiger partial charge in [-0.25, -0.2) is 13.1 Å². The summed E-state index contributed by atoms with van der Waals surface area (Å²) in [5.41, 5.74) is 5.59. The van der Waals surface area contributed by atoms with Crippen molar-refractivity contribution in [1.29, 1.82) is 5.41 Å². The van der Waals surface area contributed by atoms with Crippen LogP contribution in [-0.4, -0.2) is 26.0 Å². The van der Waals surface area contributed by atoms with Crippen LogP contribution in [0.1, 0.15) is 59.3 Å². The Kier molecular flexibility index (Phi) is 6.01. The Morgan fingerprint density at radius 3 is 2.30 bits per heavy atom. The minimum Gasteiger partial charge on any atom is -0.386 e. The van der Waals surface area contributed by atoms with E-state index in [1.807, 2.05) is 20.8 Å². The summed E-state index contributed by atoms with van der Waals surface area (Å²) in [4.78, 5) is 0. The number of sulfonamides is 1. The summed E-state index contributed by atoms with van der Waals surface area (Å²) in [6.45, 7) is 6.06. The van der Waals surface area contributed by atoms with Gasteiger partial charge >= 0.3 is 0 Å². The van der Waals surface area contributed by atoms with Crippen LogP contribution in [0.4, 0.5) is 0 Å². The number of nitrogens with one attached hydrogen (secondary N) is 2. The Morgan fingerprint density at radius 2 is 1.85 bits per heavy atom. The van der Waals surface area contributed by atoms with Gasteiger partial charge < -0.3 is 5.73 Å². The van der Waals surface area contributed by atoms with Crippen molar-refractivity contribution in [3.63, 3.8) is 0 Å². The molecular formula is C14H29N3O2S. The van der Waals surface area contributed by atoms with Crippen LogP contribution in [0.15, 0.2) is 0 Å². The van der Waals surface area contributed by atoms with Gasteiger partial charge in [-0.3, -0.25) is 5.41 Å². The van der Waals surface area contributed by atoms with Crippen LogP contribution in [0, 0.1) is 16.7 Å². The minimum atomic E-state index is -3.38. The van der Waals surface area contributed by atoms with E-state index in [0.29, 0.717) is 6.42 Å². The molecule has 6 heteroatoms. The highest BCUT2D eigenvalue weighted by atomic mass is 32.2. The van der Waals surface area contributed by atoms with Crippen LogP contribution in [0.5, 0.6) is 0 Å². The van der Waals surface area contributed by atoms with Crippen molar-refractivity contribution >= 4 is 15.9 Å². The summed E-state index contributed by atoms with van der Waals surface area (Å²) in [7, 11) is -3.38. The summed E-state index contributed by atoms with van der Waals surface area (Å²) in [5, 5.41) is 7.67. The summed E-state index contributed by atoms with van der Waals surface area (Å²) in [6, 6.07) is -0.528. The van der Waals surface area contributed by atoms with Crippen LogP contribution in [0.25, 0.3) is 0 Å². The quantitative estimate of drug-likeness (QED) is 0.518. The molecule has 0 aromatic rings. The lowest BCUT2D eigenvalue weighted by atomic mass is 9.84. The first kappa shape index (κ1) is 17.4. The smallest absolute Gasteiger partial charge is 0.212 e. The molecule has 118 valence electrons. The largest absolute Gasteiger partial charge is 0.386 e. The molecule has 1 atom stereocenters. The zero-order valence-electron chi connectivity index (χ0n) is 12.9. The zero-order chi connectivity index (χ0) is 15.4. The van der Waals surface area contributed by atoms with Crippen LogP contribution < -0.4 is 10.5 Å². The van der Waals surface area contributed by atoms with Crippen LogP contribution in [0.2, 0.25) is 0 Å². The second-order valence-electron chi connectivity index (χ2n) is 7.08. The molecule has 0 saturated heterocycles. The Morgan fingerprint density at radius 1 is 1.30 bits per heavy atom. The number of nitrogens with two attached hydrogens (primary N) is 1. The fourth-order valence-corrected chi connectivity index (χ4v) is 4.28. The van der Waals surface area contributed by atoms with Gasteiger partial charge in [-0.1, -0.05) is 40.0 Å². The molecule has 1 fully saturated rings. The average Bonchev–Trinajstić information content (AvgIpc) is 2.34. The SMILES string of the molecule is CC(C)(C)CCS(=O)(=O)NC(C(=N)N)C1CCCCC1. The molecule has 0 spiro atoms. The minimum absolute atomic E-state index is 0.0225. The van der Waals surface area contributed by atoms with E-state index in [-0.39, 0.29) is 22.9 Å². The van der Waals surface area contributed by atoms with Gasteiger partial charge in [0.05, 0.1) is 11.8 Å². The van der Waals surface area contributed by atoms with Crippen LogP contribution in [0.3, 0.4) is 0 Å². The van der Waals surface area contributed by atoms with E-state index in [0.717, 1.165) is 25.7 Å². The summed E-state index contributed by atoms with van der Waals surface area (Å²) >= 11 is 0. The zero-order valence-corrected chi connectivity index (χ0v) is 13.7. The van der Waals surface area contributed by atoms with Gasteiger partial charge in [0.15, 0.2) is 0 Å². The molecular weight excluding hydrogens is 274 g/mol. The number of hydrogen-bond acceptors (Lipinski definition) is 3. The lowest BCUT2D eigenvalue weighted by molar-refractivity contribution is 0.327. The highest BCUT2D eigenvalue weighted by Gasteiger charge is 2.30. The third-order valence-electron chi connectivity index (χ3n) is 3.88. The lowest BCUT2D eigenvalue weighted by Crippen LogP contribution is -2.50. The fourth-order valence-electron chi connectivity index (χ4n) is 2.57. The van der Waals surface area contributed by atoms with Crippen molar-refractivity contribution in [3.05, 3.63) is 0 Å². The van der Waals surface area contributed by atoms with Crippen molar-refractivity contribution in [2.24, 2.45) is 17.1 Å². The normalized spacial score (nSPS) is 19.8. The Labute approximate surface area is 123 Å². The third-order valence-corrected chi connectivity index (χ3v) is 5.24. The van der Waals surface area contributed by atoms with E-state index in [9.17, 15) is 8.42 Å². The van der Waals surface area contributed by atoms with E-state index in [2.05, 4.69) is 4.72 Å². The molecule has 0 radical (unpaired) electrons. The van der Waals surface area contributed by atoms with E-state index < -0.39 is 16.1 Å². The van der Waals surface area contributed by atoms with Gasteiger partial charge in [-0.15, -0.1) is 0 Å². The molecule has 1 aliphatic carbocycles. The van der Waals surface area contributed by atoms with E-state index >= 15 is 0 Å². The molecule has 0 aromatic heterocycles. The molecule has 0 heterocycles. The molecule has 1 saturated carbocycles. The van der Waals surface area contributed by atoms with Crippen molar-refractivity contribution in [2.45, 2.75) is 65.3 Å². The molecule has 1 rings (SSSR count). The summed E-state index contributed by atoms with van der Waals surface area (Å²) in [6.07, 6.45) is 5.88. The summed E-state index contributed by atoms with van der Waals surface area (Å²) in [5.74, 6) is 0.203. The predicted molar refractivity (Wildman–Crippen MR) is 83.3 cm³/mol. The van der Waals surface area contributed by atoms with Gasteiger partial charge in [-0.05, 0) is 30.6 Å². The molecule has 0 aliphatic heterocycles. The first-order valence-corrected chi connectivity index (χ1v) is 9.10. The highest BCUT2D eigenvalue weighted by molar-refractivity contribution is 7.89. The monoisotopic (exact) mass is 303 g/mol. The maximum Gasteiger partial charge on any atom is 0.212 e. The average molecular weight is 303 g/mol. The van der Waals surface area contributed by atoms with Crippen molar-refractivity contribution in [2.75, 3.05) is 5.75 Å².